The van der Waals surface area contributed by atoms with Crippen molar-refractivity contribution in [3.63, 3.8) is 0 Å². The third kappa shape index (κ3) is 0.893. The predicted octanol–water partition coefficient (Wildman–Crippen LogP) is 1.17. The SMILES string of the molecule is [N+3].c1ccc2c(c1)CCN2. The number of fused-ring (bicyclic) bond motifs is 1. The van der Waals surface area contributed by atoms with Crippen LogP contribution in [0.5, 0.6) is 0 Å². The highest BCUT2D eigenvalue weighted by atomic mass is 14.9. The fourth-order valence-corrected chi connectivity index (χ4v) is 1.24. The molecule has 0 aliphatic carbocycles. The molecule has 2 heteroatoms. The highest BCUT2D eigenvalue weighted by molar-refractivity contribution is 5.54. The number of hydrogen-bond acceptors (Lipinski definition) is 1. The number of hydrogen-bond donors (Lipinski definition) is 1. The Balaban J connectivity index is 0.000000500. The summed E-state index contributed by atoms with van der Waals surface area (Å²) >= 11 is 0. The van der Waals surface area contributed by atoms with Gasteiger partial charge in [0.2, 0.25) is 0 Å². The van der Waals surface area contributed by atoms with Crippen LogP contribution in [0.1, 0.15) is 5.56 Å². The van der Waals surface area contributed by atoms with E-state index in [9.17, 15) is 0 Å². The molecule has 2 radical (unpaired) electrons. The first-order valence-corrected chi connectivity index (χ1v) is 3.28. The van der Waals surface area contributed by atoms with E-state index < -0.39 is 0 Å². The molecule has 0 unspecified atom stereocenters. The van der Waals surface area contributed by atoms with Crippen molar-refractivity contribution in [2.24, 2.45) is 0 Å². The maximum absolute atomic E-state index is 3.30. The minimum atomic E-state index is 0. The third-order valence-corrected chi connectivity index (χ3v) is 1.73. The van der Waals surface area contributed by atoms with Gasteiger partial charge >= 0.3 is 6.15 Å². The van der Waals surface area contributed by atoms with Crippen molar-refractivity contribution >= 4 is 5.69 Å². The van der Waals surface area contributed by atoms with E-state index in [4.69, 9.17) is 0 Å². The molecule has 0 amide bonds. The van der Waals surface area contributed by atoms with E-state index in [-0.39, 0.29) is 6.15 Å². The van der Waals surface area contributed by atoms with Gasteiger partial charge in [-0.05, 0) is 18.1 Å². The largest absolute Gasteiger partial charge is 3.00 e. The van der Waals surface area contributed by atoms with Gasteiger partial charge in [-0.25, -0.2) is 0 Å². The van der Waals surface area contributed by atoms with E-state index in [1.165, 1.54) is 17.7 Å². The zero-order valence-corrected chi connectivity index (χ0v) is 5.67. The first kappa shape index (κ1) is 6.84. The van der Waals surface area contributed by atoms with Gasteiger partial charge < -0.3 is 5.32 Å². The number of para-hydroxylation sites is 1. The lowest BCUT2D eigenvalue weighted by molar-refractivity contribution is 1.11. The summed E-state index contributed by atoms with van der Waals surface area (Å²) in [5, 5.41) is 3.30. The van der Waals surface area contributed by atoms with Crippen molar-refractivity contribution in [2.75, 3.05) is 11.9 Å². The summed E-state index contributed by atoms with van der Waals surface area (Å²) < 4.78 is 0. The number of anilines is 1. The summed E-state index contributed by atoms with van der Waals surface area (Å²) in [7, 11) is 0. The standard InChI is InChI=1S/C8H9N.N/c1-2-4-8-7(3-1)5-6-9-8;/h1-4,9H,5-6H2;/q;+3. The summed E-state index contributed by atoms with van der Waals surface area (Å²) in [4.78, 5) is 0. The molecule has 0 saturated carbocycles. The van der Waals surface area contributed by atoms with E-state index >= 15 is 0 Å². The molecule has 1 heterocycles. The van der Waals surface area contributed by atoms with E-state index in [1.54, 1.807) is 0 Å². The fourth-order valence-electron chi connectivity index (χ4n) is 1.24. The van der Waals surface area contributed by atoms with Gasteiger partial charge in [-0.15, -0.1) is 0 Å². The Morgan fingerprint density at radius 2 is 2.00 bits per heavy atom. The van der Waals surface area contributed by atoms with Crippen molar-refractivity contribution in [2.45, 2.75) is 6.42 Å². The topological polar surface area (TPSA) is 42.5 Å². The maximum Gasteiger partial charge on any atom is 3.00 e. The highest BCUT2D eigenvalue weighted by Crippen LogP contribution is 2.19. The van der Waals surface area contributed by atoms with Gasteiger partial charge in [0.15, 0.2) is 0 Å². The molecular weight excluding hydrogens is 124 g/mol. The van der Waals surface area contributed by atoms with Crippen molar-refractivity contribution in [3.05, 3.63) is 29.8 Å². The fraction of sp³-hybridized carbons (Fsp3) is 0.250. The molecule has 1 N–H and O–H groups in total. The molecule has 2 nitrogen and oxygen atoms in total. The second kappa shape index (κ2) is 2.54. The Hall–Kier alpha value is -1.27. The lowest BCUT2D eigenvalue weighted by Gasteiger charge is -1.94. The van der Waals surface area contributed by atoms with Crippen LogP contribution in [0.3, 0.4) is 0 Å². The molecule has 0 bridgehead atoms. The van der Waals surface area contributed by atoms with Crippen LogP contribution in [-0.4, -0.2) is 6.54 Å². The first-order chi connectivity index (χ1) is 4.47. The maximum atomic E-state index is 3.30. The third-order valence-electron chi connectivity index (χ3n) is 1.73. The molecule has 0 aromatic heterocycles. The lowest BCUT2D eigenvalue weighted by atomic mass is 10.2. The molecule has 0 saturated heterocycles. The summed E-state index contributed by atoms with van der Waals surface area (Å²) in [6, 6.07) is 8.46. The van der Waals surface area contributed by atoms with Crippen LogP contribution in [0.25, 0.3) is 0 Å². The van der Waals surface area contributed by atoms with Crippen molar-refractivity contribution < 1.29 is 0 Å². The van der Waals surface area contributed by atoms with Gasteiger partial charge in [0.25, 0.3) is 0 Å². The van der Waals surface area contributed by atoms with Crippen LogP contribution in [-0.2, 0) is 6.42 Å². The van der Waals surface area contributed by atoms with E-state index in [0.717, 1.165) is 6.54 Å². The molecule has 1 aromatic carbocycles. The Morgan fingerprint density at radius 1 is 1.20 bits per heavy atom. The average molecular weight is 133 g/mol. The monoisotopic (exact) mass is 133 g/mol. The Kier molecular flexibility index (Phi) is 1.74. The van der Waals surface area contributed by atoms with Crippen molar-refractivity contribution in [3.8, 4) is 0 Å². The van der Waals surface area contributed by atoms with Crippen LogP contribution >= 0.6 is 0 Å². The molecule has 2 rings (SSSR count). The second-order valence-electron chi connectivity index (χ2n) is 2.33. The molecule has 1 aromatic rings. The Morgan fingerprint density at radius 3 is 2.80 bits per heavy atom. The number of nitrogens with one attached hydrogen (secondary N) is 1. The molecule has 0 spiro atoms. The minimum Gasteiger partial charge on any atom is -0.384 e. The molecular formula is C8H9N2+3. The van der Waals surface area contributed by atoms with Gasteiger partial charge in [-0.1, -0.05) is 18.2 Å². The molecule has 10 heavy (non-hydrogen) atoms. The van der Waals surface area contributed by atoms with Crippen LogP contribution in [0.4, 0.5) is 5.69 Å². The summed E-state index contributed by atoms with van der Waals surface area (Å²) in [5.41, 5.74) is 2.77. The summed E-state index contributed by atoms with van der Waals surface area (Å²) in [5.74, 6) is 0. The average Bonchev–Trinajstić information content (AvgIpc) is 2.33. The predicted molar refractivity (Wildman–Crippen MR) is 40.8 cm³/mol. The first-order valence-electron chi connectivity index (χ1n) is 3.28. The lowest BCUT2D eigenvalue weighted by Crippen LogP contribution is -1.90. The normalized spacial score (nSPS) is 13.2. The molecule has 0 atom stereocenters. The van der Waals surface area contributed by atoms with Crippen molar-refractivity contribution in [1.29, 1.82) is 0 Å². The van der Waals surface area contributed by atoms with Crippen molar-refractivity contribution in [1.82, 2.24) is 6.15 Å². The van der Waals surface area contributed by atoms with E-state index in [1.807, 2.05) is 0 Å². The molecule has 1 aliphatic heterocycles. The zero-order chi connectivity index (χ0) is 6.10. The van der Waals surface area contributed by atoms with Gasteiger partial charge in [-0.2, -0.15) is 0 Å². The van der Waals surface area contributed by atoms with Crippen LogP contribution < -0.4 is 11.5 Å². The number of benzene rings is 1. The molecule has 1 aliphatic rings. The van der Waals surface area contributed by atoms with Crippen LogP contribution in [0.2, 0.25) is 0 Å². The Bertz CT molecular complexity index is 197. The zero-order valence-electron chi connectivity index (χ0n) is 5.67. The molecule has 0 fully saturated rings. The van der Waals surface area contributed by atoms with E-state index in [0.29, 0.717) is 0 Å². The second-order valence-corrected chi connectivity index (χ2v) is 2.33. The summed E-state index contributed by atoms with van der Waals surface area (Å²) in [6.07, 6.45) is 1.19. The van der Waals surface area contributed by atoms with Gasteiger partial charge in [0, 0.05) is 12.2 Å². The van der Waals surface area contributed by atoms with Gasteiger partial charge in [0.05, 0.1) is 0 Å². The smallest absolute Gasteiger partial charge is 0.384 e. The van der Waals surface area contributed by atoms with Gasteiger partial charge in [-0.3, -0.25) is 0 Å². The van der Waals surface area contributed by atoms with Gasteiger partial charge in [0.1, 0.15) is 0 Å². The molecule has 48 valence electrons. The van der Waals surface area contributed by atoms with Crippen LogP contribution in [0.15, 0.2) is 24.3 Å². The number of nitrogens with zero attached hydrogens (tertiary/aromatic N) is 1. The summed E-state index contributed by atoms with van der Waals surface area (Å²) in [6.45, 7) is 1.11. The minimum absolute atomic E-state index is 0. The highest BCUT2D eigenvalue weighted by Gasteiger charge is 3.00. The quantitative estimate of drug-likeness (QED) is 0.567. The Labute approximate surface area is 60.8 Å². The van der Waals surface area contributed by atoms with Crippen LogP contribution in [0, 0.1) is 0 Å². The van der Waals surface area contributed by atoms with E-state index in [2.05, 4.69) is 29.6 Å². The number of rotatable bonds is 0.